The van der Waals surface area contributed by atoms with E-state index in [9.17, 15) is 4.79 Å². The molecule has 21 heavy (non-hydrogen) atoms. The fourth-order valence-electron chi connectivity index (χ4n) is 2.69. The molecule has 0 aliphatic carbocycles. The summed E-state index contributed by atoms with van der Waals surface area (Å²) in [5.41, 5.74) is 6.91. The van der Waals surface area contributed by atoms with Crippen LogP contribution in [0.2, 0.25) is 0 Å². The minimum Gasteiger partial charge on any atom is -0.398 e. The third-order valence-corrected chi connectivity index (χ3v) is 4.24. The molecule has 0 radical (unpaired) electrons. The van der Waals surface area contributed by atoms with E-state index in [1.54, 1.807) is 12.1 Å². The van der Waals surface area contributed by atoms with Crippen LogP contribution in [0.25, 0.3) is 0 Å². The van der Waals surface area contributed by atoms with Crippen molar-refractivity contribution < 1.29 is 4.79 Å². The topological polar surface area (TPSA) is 61.6 Å². The van der Waals surface area contributed by atoms with E-state index in [0.717, 1.165) is 32.7 Å². The van der Waals surface area contributed by atoms with Crippen LogP contribution in [0.5, 0.6) is 0 Å². The summed E-state index contributed by atoms with van der Waals surface area (Å²) in [7, 11) is 0. The SMILES string of the molecule is CCN1CCN(C(C)CNC(=O)c2ccccc2N)CC1. The first-order chi connectivity index (χ1) is 10.1. The smallest absolute Gasteiger partial charge is 0.253 e. The summed E-state index contributed by atoms with van der Waals surface area (Å²) in [5.74, 6) is -0.0906. The second-order valence-corrected chi connectivity index (χ2v) is 5.62. The van der Waals surface area contributed by atoms with Crippen LogP contribution in [0.1, 0.15) is 24.2 Å². The molecule has 3 N–H and O–H groups in total. The summed E-state index contributed by atoms with van der Waals surface area (Å²) in [6.07, 6.45) is 0. The number of nitrogen functional groups attached to an aromatic ring is 1. The van der Waals surface area contributed by atoms with Crippen molar-refractivity contribution in [2.24, 2.45) is 0 Å². The van der Waals surface area contributed by atoms with Gasteiger partial charge in [-0.3, -0.25) is 9.69 Å². The maximum Gasteiger partial charge on any atom is 0.253 e. The molecule has 1 amide bonds. The Bertz CT molecular complexity index is 469. The molecule has 1 aromatic carbocycles. The average Bonchev–Trinajstić information content (AvgIpc) is 2.52. The summed E-state index contributed by atoms with van der Waals surface area (Å²) < 4.78 is 0. The van der Waals surface area contributed by atoms with E-state index in [1.807, 2.05) is 12.1 Å². The van der Waals surface area contributed by atoms with Gasteiger partial charge in [0, 0.05) is 44.5 Å². The van der Waals surface area contributed by atoms with Gasteiger partial charge in [0.2, 0.25) is 0 Å². The molecule has 1 atom stereocenters. The fourth-order valence-corrected chi connectivity index (χ4v) is 2.69. The Morgan fingerprint density at radius 2 is 1.95 bits per heavy atom. The second-order valence-electron chi connectivity index (χ2n) is 5.62. The number of benzene rings is 1. The van der Waals surface area contributed by atoms with Gasteiger partial charge in [-0.1, -0.05) is 19.1 Å². The van der Waals surface area contributed by atoms with Crippen molar-refractivity contribution in [1.29, 1.82) is 0 Å². The minimum absolute atomic E-state index is 0.0906. The molecular formula is C16H26N4O. The molecule has 116 valence electrons. The van der Waals surface area contributed by atoms with E-state index in [1.165, 1.54) is 0 Å². The number of hydrogen-bond acceptors (Lipinski definition) is 4. The Morgan fingerprint density at radius 3 is 2.57 bits per heavy atom. The zero-order chi connectivity index (χ0) is 15.2. The number of nitrogens with zero attached hydrogens (tertiary/aromatic N) is 2. The number of piperazine rings is 1. The third kappa shape index (κ3) is 4.19. The number of hydrogen-bond donors (Lipinski definition) is 2. The lowest BCUT2D eigenvalue weighted by Gasteiger charge is -2.37. The number of anilines is 1. The Balaban J connectivity index is 1.80. The first-order valence-corrected chi connectivity index (χ1v) is 7.71. The van der Waals surface area contributed by atoms with E-state index < -0.39 is 0 Å². The van der Waals surface area contributed by atoms with Crippen LogP contribution < -0.4 is 11.1 Å². The number of amides is 1. The molecule has 0 spiro atoms. The standard InChI is InChI=1S/C16H26N4O/c1-3-19-8-10-20(11-9-19)13(2)12-18-16(21)14-6-4-5-7-15(14)17/h4-7,13H,3,8-12,17H2,1-2H3,(H,18,21). The first-order valence-electron chi connectivity index (χ1n) is 7.71. The van der Waals surface area contributed by atoms with Crippen LogP contribution in [-0.4, -0.2) is 61.0 Å². The van der Waals surface area contributed by atoms with Crippen molar-refractivity contribution in [3.63, 3.8) is 0 Å². The highest BCUT2D eigenvalue weighted by Gasteiger charge is 2.20. The lowest BCUT2D eigenvalue weighted by atomic mass is 10.1. The van der Waals surface area contributed by atoms with Crippen LogP contribution >= 0.6 is 0 Å². The van der Waals surface area contributed by atoms with Crippen LogP contribution in [-0.2, 0) is 0 Å². The normalized spacial score (nSPS) is 18.4. The van der Waals surface area contributed by atoms with Crippen molar-refractivity contribution in [1.82, 2.24) is 15.1 Å². The Hall–Kier alpha value is -1.59. The van der Waals surface area contributed by atoms with Crippen molar-refractivity contribution in [2.45, 2.75) is 19.9 Å². The van der Waals surface area contributed by atoms with Gasteiger partial charge in [0.25, 0.3) is 5.91 Å². The molecule has 1 heterocycles. The number of nitrogens with two attached hydrogens (primary N) is 1. The Labute approximate surface area is 127 Å². The monoisotopic (exact) mass is 290 g/mol. The molecule has 1 aliphatic rings. The van der Waals surface area contributed by atoms with E-state index in [0.29, 0.717) is 23.8 Å². The summed E-state index contributed by atoms with van der Waals surface area (Å²) in [6.45, 7) is 10.5. The lowest BCUT2D eigenvalue weighted by molar-refractivity contribution is 0.0883. The van der Waals surface area contributed by atoms with Crippen LogP contribution in [0.4, 0.5) is 5.69 Å². The largest absolute Gasteiger partial charge is 0.398 e. The molecule has 0 saturated carbocycles. The zero-order valence-corrected chi connectivity index (χ0v) is 13.0. The second kappa shape index (κ2) is 7.43. The van der Waals surface area contributed by atoms with Crippen LogP contribution in [0, 0.1) is 0 Å². The average molecular weight is 290 g/mol. The van der Waals surface area contributed by atoms with Gasteiger partial charge < -0.3 is 16.0 Å². The van der Waals surface area contributed by atoms with Gasteiger partial charge in [-0.25, -0.2) is 0 Å². The van der Waals surface area contributed by atoms with Crippen LogP contribution in [0.3, 0.4) is 0 Å². The molecular weight excluding hydrogens is 264 g/mol. The van der Waals surface area contributed by atoms with Gasteiger partial charge >= 0.3 is 0 Å². The van der Waals surface area contributed by atoms with Gasteiger partial charge in [-0.2, -0.15) is 0 Å². The van der Waals surface area contributed by atoms with Gasteiger partial charge in [0.15, 0.2) is 0 Å². The highest BCUT2D eigenvalue weighted by molar-refractivity contribution is 5.99. The van der Waals surface area contributed by atoms with Gasteiger partial charge in [0.05, 0.1) is 5.56 Å². The number of likely N-dealkylation sites (N-methyl/N-ethyl adjacent to an activating group) is 1. The van der Waals surface area contributed by atoms with Crippen molar-refractivity contribution in [3.8, 4) is 0 Å². The number of carbonyl (C=O) groups is 1. The summed E-state index contributed by atoms with van der Waals surface area (Å²) in [4.78, 5) is 17.0. The molecule has 2 rings (SSSR count). The molecule has 0 bridgehead atoms. The van der Waals surface area contributed by atoms with Crippen LogP contribution in [0.15, 0.2) is 24.3 Å². The highest BCUT2D eigenvalue weighted by Crippen LogP contribution is 2.10. The quantitative estimate of drug-likeness (QED) is 0.795. The molecule has 0 aromatic heterocycles. The van der Waals surface area contributed by atoms with Crippen molar-refractivity contribution in [2.75, 3.05) is 45.0 Å². The number of carbonyl (C=O) groups excluding carboxylic acids is 1. The van der Waals surface area contributed by atoms with E-state index >= 15 is 0 Å². The fraction of sp³-hybridized carbons (Fsp3) is 0.562. The molecule has 1 saturated heterocycles. The van der Waals surface area contributed by atoms with E-state index in [4.69, 9.17) is 5.73 Å². The number of rotatable bonds is 5. The van der Waals surface area contributed by atoms with Gasteiger partial charge in [-0.15, -0.1) is 0 Å². The molecule has 1 aromatic rings. The zero-order valence-electron chi connectivity index (χ0n) is 13.0. The molecule has 1 aliphatic heterocycles. The van der Waals surface area contributed by atoms with E-state index in [2.05, 4.69) is 29.0 Å². The third-order valence-electron chi connectivity index (χ3n) is 4.24. The number of para-hydroxylation sites is 1. The molecule has 5 nitrogen and oxygen atoms in total. The van der Waals surface area contributed by atoms with E-state index in [-0.39, 0.29) is 5.91 Å². The highest BCUT2D eigenvalue weighted by atomic mass is 16.1. The maximum absolute atomic E-state index is 12.1. The summed E-state index contributed by atoms with van der Waals surface area (Å²) in [6, 6.07) is 7.52. The Morgan fingerprint density at radius 1 is 1.29 bits per heavy atom. The predicted octanol–water partition coefficient (Wildman–Crippen LogP) is 1.02. The van der Waals surface area contributed by atoms with Crippen molar-refractivity contribution >= 4 is 11.6 Å². The summed E-state index contributed by atoms with van der Waals surface area (Å²) >= 11 is 0. The lowest BCUT2D eigenvalue weighted by Crippen LogP contribution is -2.52. The molecule has 1 unspecified atom stereocenters. The molecule has 5 heteroatoms. The van der Waals surface area contributed by atoms with Crippen molar-refractivity contribution in [3.05, 3.63) is 29.8 Å². The Kier molecular flexibility index (Phi) is 5.59. The predicted molar refractivity (Wildman–Crippen MR) is 86.3 cm³/mol. The number of nitrogens with one attached hydrogen (secondary N) is 1. The minimum atomic E-state index is -0.0906. The maximum atomic E-state index is 12.1. The van der Waals surface area contributed by atoms with Gasteiger partial charge in [0.1, 0.15) is 0 Å². The first kappa shape index (κ1) is 15.8. The summed E-state index contributed by atoms with van der Waals surface area (Å²) in [5, 5.41) is 2.99. The molecule has 1 fully saturated rings. The van der Waals surface area contributed by atoms with Gasteiger partial charge in [-0.05, 0) is 25.6 Å².